The highest BCUT2D eigenvalue weighted by Crippen LogP contribution is 2.32. The molecular weight excluding hydrogens is 308 g/mol. The van der Waals surface area contributed by atoms with Crippen LogP contribution >= 0.6 is 11.6 Å². The number of hydrogen-bond donors (Lipinski definition) is 0. The van der Waals surface area contributed by atoms with Gasteiger partial charge in [0.25, 0.3) is 5.69 Å². The number of nitrogens with zero attached hydrogens (tertiary/aromatic N) is 2. The van der Waals surface area contributed by atoms with E-state index in [2.05, 4.69) is 0 Å². The Balaban J connectivity index is 2.15. The Morgan fingerprint density at radius 1 is 1.45 bits per heavy atom. The molecule has 22 heavy (non-hydrogen) atoms. The second-order valence-corrected chi connectivity index (χ2v) is 6.78. The van der Waals surface area contributed by atoms with Crippen LogP contribution < -0.4 is 0 Å². The summed E-state index contributed by atoms with van der Waals surface area (Å²) in [6.07, 6.45) is 1.48. The summed E-state index contributed by atoms with van der Waals surface area (Å²) < 4.78 is 5.41. The van der Waals surface area contributed by atoms with Crippen LogP contribution in [0.3, 0.4) is 0 Å². The van der Waals surface area contributed by atoms with Gasteiger partial charge in [-0.1, -0.05) is 11.6 Å². The molecule has 1 amide bonds. The molecule has 0 aromatic heterocycles. The average Bonchev–Trinajstić information content (AvgIpc) is 3.19. The minimum absolute atomic E-state index is 0.0658. The van der Waals surface area contributed by atoms with E-state index in [1.54, 1.807) is 11.0 Å². The van der Waals surface area contributed by atoms with E-state index in [4.69, 9.17) is 16.3 Å². The molecule has 2 rings (SSSR count). The number of hydrogen-bond acceptors (Lipinski definition) is 4. The van der Waals surface area contributed by atoms with Gasteiger partial charge in [0.05, 0.1) is 16.5 Å². The number of ether oxygens (including phenoxy) is 1. The number of nitro groups is 1. The van der Waals surface area contributed by atoms with Crippen LogP contribution in [0.1, 0.15) is 39.2 Å². The van der Waals surface area contributed by atoms with Gasteiger partial charge in [-0.2, -0.15) is 0 Å². The van der Waals surface area contributed by atoms with Crippen LogP contribution in [0.25, 0.3) is 0 Å². The number of benzene rings is 1. The quantitative estimate of drug-likeness (QED) is 0.615. The Bertz CT molecular complexity index is 594. The number of non-ortho nitro benzene ring substituents is 1. The average molecular weight is 327 g/mol. The molecule has 6 nitrogen and oxygen atoms in total. The monoisotopic (exact) mass is 326 g/mol. The molecule has 0 aliphatic heterocycles. The zero-order chi connectivity index (χ0) is 16.5. The van der Waals surface area contributed by atoms with Crippen LogP contribution in [-0.4, -0.2) is 27.6 Å². The highest BCUT2D eigenvalue weighted by molar-refractivity contribution is 6.31. The van der Waals surface area contributed by atoms with Crippen molar-refractivity contribution in [3.63, 3.8) is 0 Å². The summed E-state index contributed by atoms with van der Waals surface area (Å²) >= 11 is 6.10. The lowest BCUT2D eigenvalue weighted by molar-refractivity contribution is -0.384. The van der Waals surface area contributed by atoms with Crippen molar-refractivity contribution in [2.24, 2.45) is 0 Å². The Labute approximate surface area is 134 Å². The lowest BCUT2D eigenvalue weighted by atomic mass is 10.2. The Morgan fingerprint density at radius 3 is 2.55 bits per heavy atom. The molecule has 1 aromatic rings. The van der Waals surface area contributed by atoms with E-state index in [-0.39, 0.29) is 29.4 Å². The predicted molar refractivity (Wildman–Crippen MR) is 82.9 cm³/mol. The third kappa shape index (κ3) is 4.34. The number of rotatable bonds is 4. The predicted octanol–water partition coefficient (Wildman–Crippen LogP) is 4.15. The first-order valence-corrected chi connectivity index (χ1v) is 7.47. The van der Waals surface area contributed by atoms with Gasteiger partial charge in [-0.25, -0.2) is 4.79 Å². The van der Waals surface area contributed by atoms with Gasteiger partial charge in [-0.15, -0.1) is 0 Å². The summed E-state index contributed by atoms with van der Waals surface area (Å²) in [6, 6.07) is 4.43. The maximum atomic E-state index is 12.3. The summed E-state index contributed by atoms with van der Waals surface area (Å²) in [4.78, 5) is 24.2. The first-order valence-electron chi connectivity index (χ1n) is 7.10. The maximum Gasteiger partial charge on any atom is 0.410 e. The summed E-state index contributed by atoms with van der Waals surface area (Å²) in [6.45, 7) is 5.73. The molecule has 0 bridgehead atoms. The van der Waals surface area contributed by atoms with E-state index in [1.807, 2.05) is 20.8 Å². The first-order chi connectivity index (χ1) is 10.2. The van der Waals surface area contributed by atoms with Crippen LogP contribution in [0.4, 0.5) is 10.5 Å². The lowest BCUT2D eigenvalue weighted by Crippen LogP contribution is -2.37. The Kier molecular flexibility index (Phi) is 4.60. The van der Waals surface area contributed by atoms with Crippen molar-refractivity contribution in [3.8, 4) is 0 Å². The van der Waals surface area contributed by atoms with Crippen molar-refractivity contribution in [3.05, 3.63) is 38.9 Å². The van der Waals surface area contributed by atoms with Gasteiger partial charge in [-0.3, -0.25) is 10.1 Å². The molecule has 120 valence electrons. The van der Waals surface area contributed by atoms with E-state index in [1.165, 1.54) is 12.1 Å². The second-order valence-electron chi connectivity index (χ2n) is 6.37. The van der Waals surface area contributed by atoms with Gasteiger partial charge in [-0.05, 0) is 45.2 Å². The van der Waals surface area contributed by atoms with Gasteiger partial charge in [0.2, 0.25) is 0 Å². The lowest BCUT2D eigenvalue weighted by Gasteiger charge is -2.27. The molecular formula is C15H19ClN2O4. The summed E-state index contributed by atoms with van der Waals surface area (Å²) in [5.74, 6) is 0. The molecule has 0 N–H and O–H groups in total. The third-order valence-electron chi connectivity index (χ3n) is 3.20. The molecule has 1 saturated carbocycles. The molecule has 7 heteroatoms. The van der Waals surface area contributed by atoms with Crippen molar-refractivity contribution >= 4 is 23.4 Å². The van der Waals surface area contributed by atoms with Gasteiger partial charge >= 0.3 is 6.09 Å². The topological polar surface area (TPSA) is 72.7 Å². The zero-order valence-corrected chi connectivity index (χ0v) is 13.6. The van der Waals surface area contributed by atoms with E-state index >= 15 is 0 Å². The van der Waals surface area contributed by atoms with Crippen LogP contribution in [0.2, 0.25) is 5.02 Å². The van der Waals surface area contributed by atoms with Gasteiger partial charge in [0, 0.05) is 18.2 Å². The molecule has 1 fully saturated rings. The highest BCUT2D eigenvalue weighted by atomic mass is 35.5. The van der Waals surface area contributed by atoms with Crippen LogP contribution in [0, 0.1) is 10.1 Å². The largest absolute Gasteiger partial charge is 0.444 e. The number of nitro benzene ring substituents is 1. The summed E-state index contributed by atoms with van der Waals surface area (Å²) in [7, 11) is 0. The molecule has 0 heterocycles. The van der Waals surface area contributed by atoms with Crippen LogP contribution in [0.5, 0.6) is 0 Å². The van der Waals surface area contributed by atoms with Crippen molar-refractivity contribution in [2.45, 2.75) is 51.8 Å². The van der Waals surface area contributed by atoms with Crippen molar-refractivity contribution in [1.82, 2.24) is 4.90 Å². The smallest absolute Gasteiger partial charge is 0.410 e. The maximum absolute atomic E-state index is 12.3. The van der Waals surface area contributed by atoms with Gasteiger partial charge in [0.15, 0.2) is 0 Å². The standard InChI is InChI=1S/C15H19ClN2O4/c1-15(2,3)22-14(19)17(11-6-7-11)9-10-4-5-12(18(20)21)8-13(10)16/h4-5,8,11H,6-7,9H2,1-3H3. The fourth-order valence-electron chi connectivity index (χ4n) is 2.01. The Morgan fingerprint density at radius 2 is 2.09 bits per heavy atom. The summed E-state index contributed by atoms with van der Waals surface area (Å²) in [5, 5.41) is 11.0. The molecule has 0 radical (unpaired) electrons. The van der Waals surface area contributed by atoms with Crippen LogP contribution in [-0.2, 0) is 11.3 Å². The van der Waals surface area contributed by atoms with Crippen molar-refractivity contribution in [2.75, 3.05) is 0 Å². The molecule has 0 saturated heterocycles. The minimum Gasteiger partial charge on any atom is -0.444 e. The van der Waals surface area contributed by atoms with E-state index in [0.29, 0.717) is 5.56 Å². The van der Waals surface area contributed by atoms with E-state index in [0.717, 1.165) is 12.8 Å². The SMILES string of the molecule is CC(C)(C)OC(=O)N(Cc1ccc([N+](=O)[O-])cc1Cl)C1CC1. The number of halogens is 1. The fourth-order valence-corrected chi connectivity index (χ4v) is 2.25. The van der Waals surface area contributed by atoms with E-state index < -0.39 is 10.5 Å². The number of carbonyl (C=O) groups is 1. The minimum atomic E-state index is -0.566. The summed E-state index contributed by atoms with van der Waals surface area (Å²) in [5.41, 5.74) is 0.0396. The normalized spacial score (nSPS) is 14.5. The molecule has 0 unspecified atom stereocenters. The van der Waals surface area contributed by atoms with Crippen molar-refractivity contribution < 1.29 is 14.5 Å². The number of amides is 1. The molecule has 0 atom stereocenters. The number of carbonyl (C=O) groups excluding carboxylic acids is 1. The highest BCUT2D eigenvalue weighted by Gasteiger charge is 2.35. The molecule has 0 spiro atoms. The fraction of sp³-hybridized carbons (Fsp3) is 0.533. The Hall–Kier alpha value is -1.82. The molecule has 1 aliphatic carbocycles. The third-order valence-corrected chi connectivity index (χ3v) is 3.56. The molecule has 1 aromatic carbocycles. The zero-order valence-electron chi connectivity index (χ0n) is 12.8. The molecule has 1 aliphatic rings. The first kappa shape index (κ1) is 16.5. The van der Waals surface area contributed by atoms with Crippen LogP contribution in [0.15, 0.2) is 18.2 Å². The van der Waals surface area contributed by atoms with Gasteiger partial charge in [0.1, 0.15) is 5.60 Å². The van der Waals surface area contributed by atoms with Gasteiger partial charge < -0.3 is 9.64 Å². The second kappa shape index (κ2) is 6.12. The van der Waals surface area contributed by atoms with Crippen molar-refractivity contribution in [1.29, 1.82) is 0 Å². The van der Waals surface area contributed by atoms with E-state index in [9.17, 15) is 14.9 Å².